The second-order valence-electron chi connectivity index (χ2n) is 5.74. The van der Waals surface area contributed by atoms with Crippen molar-refractivity contribution in [3.05, 3.63) is 59.7 Å². The zero-order valence-electron chi connectivity index (χ0n) is 13.2. The van der Waals surface area contributed by atoms with Gasteiger partial charge < -0.3 is 10.1 Å². The smallest absolute Gasteiger partial charge is 0.131 e. The molecule has 0 aliphatic carbocycles. The van der Waals surface area contributed by atoms with E-state index in [1.54, 1.807) is 0 Å². The van der Waals surface area contributed by atoms with E-state index in [-0.39, 0.29) is 0 Å². The molecule has 2 rings (SSSR count). The Morgan fingerprint density at radius 3 is 2.62 bits per heavy atom. The Balaban J connectivity index is 2.08. The largest absolute Gasteiger partial charge is 0.457 e. The van der Waals surface area contributed by atoms with E-state index in [0.29, 0.717) is 5.92 Å². The summed E-state index contributed by atoms with van der Waals surface area (Å²) in [5.74, 6) is 2.49. The van der Waals surface area contributed by atoms with Gasteiger partial charge in [0.25, 0.3) is 0 Å². The zero-order chi connectivity index (χ0) is 15.1. The lowest BCUT2D eigenvalue weighted by atomic mass is 10.1. The fourth-order valence-corrected chi connectivity index (χ4v) is 2.20. The molecule has 2 aromatic carbocycles. The Bertz CT molecular complexity index is 563. The van der Waals surface area contributed by atoms with Crippen LogP contribution in [-0.2, 0) is 13.0 Å². The maximum absolute atomic E-state index is 6.07. The minimum Gasteiger partial charge on any atom is -0.457 e. The summed E-state index contributed by atoms with van der Waals surface area (Å²) in [5, 5.41) is 3.47. The highest BCUT2D eigenvalue weighted by molar-refractivity contribution is 5.39. The first kappa shape index (κ1) is 15.6. The number of para-hydroxylation sites is 1. The van der Waals surface area contributed by atoms with Crippen LogP contribution in [0.1, 0.15) is 31.9 Å². The molecule has 0 fully saturated rings. The molecule has 0 atom stereocenters. The van der Waals surface area contributed by atoms with Gasteiger partial charge in [-0.25, -0.2) is 0 Å². The molecule has 21 heavy (non-hydrogen) atoms. The van der Waals surface area contributed by atoms with Crippen LogP contribution in [0.4, 0.5) is 0 Å². The topological polar surface area (TPSA) is 21.3 Å². The van der Waals surface area contributed by atoms with Gasteiger partial charge in [-0.2, -0.15) is 0 Å². The van der Waals surface area contributed by atoms with Gasteiger partial charge in [0.1, 0.15) is 11.5 Å². The molecule has 0 radical (unpaired) electrons. The van der Waals surface area contributed by atoms with Crippen LogP contribution < -0.4 is 10.1 Å². The van der Waals surface area contributed by atoms with E-state index in [1.165, 1.54) is 11.1 Å². The van der Waals surface area contributed by atoms with E-state index in [4.69, 9.17) is 4.74 Å². The van der Waals surface area contributed by atoms with Crippen LogP contribution in [0.25, 0.3) is 0 Å². The highest BCUT2D eigenvalue weighted by Crippen LogP contribution is 2.26. The highest BCUT2D eigenvalue weighted by atomic mass is 16.5. The van der Waals surface area contributed by atoms with Gasteiger partial charge in [-0.05, 0) is 42.6 Å². The Morgan fingerprint density at radius 1 is 1.05 bits per heavy atom. The fraction of sp³-hybridized carbons (Fsp3) is 0.368. The number of hydrogen-bond acceptors (Lipinski definition) is 2. The summed E-state index contributed by atoms with van der Waals surface area (Å²) >= 11 is 0. The molecule has 0 aliphatic heterocycles. The molecule has 0 bridgehead atoms. The molecule has 0 heterocycles. The van der Waals surface area contributed by atoms with E-state index in [2.05, 4.69) is 50.4 Å². The van der Waals surface area contributed by atoms with E-state index < -0.39 is 0 Å². The molecule has 0 saturated heterocycles. The van der Waals surface area contributed by atoms with Crippen molar-refractivity contribution in [2.75, 3.05) is 6.54 Å². The van der Waals surface area contributed by atoms with Gasteiger partial charge in [-0.15, -0.1) is 0 Å². The minimum atomic E-state index is 0.652. The van der Waals surface area contributed by atoms with Crippen LogP contribution >= 0.6 is 0 Å². The predicted molar refractivity (Wildman–Crippen MR) is 88.9 cm³/mol. The first-order valence-electron chi connectivity index (χ1n) is 7.74. The van der Waals surface area contributed by atoms with Crippen molar-refractivity contribution in [1.29, 1.82) is 0 Å². The Morgan fingerprint density at radius 2 is 1.86 bits per heavy atom. The predicted octanol–water partition coefficient (Wildman–Crippen LogP) is 4.79. The lowest BCUT2D eigenvalue weighted by Gasteiger charge is -2.13. The number of rotatable bonds is 7. The van der Waals surface area contributed by atoms with E-state index in [1.807, 2.05) is 24.3 Å². The molecule has 0 aromatic heterocycles. The van der Waals surface area contributed by atoms with Gasteiger partial charge in [0, 0.05) is 12.1 Å². The monoisotopic (exact) mass is 283 g/mol. The fourth-order valence-electron chi connectivity index (χ4n) is 2.20. The molecule has 0 saturated carbocycles. The van der Waals surface area contributed by atoms with Crippen LogP contribution in [0, 0.1) is 5.92 Å². The van der Waals surface area contributed by atoms with Crippen molar-refractivity contribution >= 4 is 0 Å². The normalized spacial score (nSPS) is 10.9. The zero-order valence-corrected chi connectivity index (χ0v) is 13.2. The average molecular weight is 283 g/mol. The summed E-state index contributed by atoms with van der Waals surface area (Å²) in [7, 11) is 0. The highest BCUT2D eigenvalue weighted by Gasteiger charge is 2.05. The second kappa shape index (κ2) is 7.84. The minimum absolute atomic E-state index is 0.652. The summed E-state index contributed by atoms with van der Waals surface area (Å²) in [6.07, 6.45) is 1.02. The number of nitrogens with one attached hydrogen (secondary N) is 1. The van der Waals surface area contributed by atoms with Crippen molar-refractivity contribution in [3.8, 4) is 11.5 Å². The summed E-state index contributed by atoms with van der Waals surface area (Å²) in [4.78, 5) is 0. The van der Waals surface area contributed by atoms with Crippen LogP contribution in [0.3, 0.4) is 0 Å². The number of benzene rings is 2. The van der Waals surface area contributed by atoms with Crippen LogP contribution in [0.5, 0.6) is 11.5 Å². The van der Waals surface area contributed by atoms with Gasteiger partial charge in [0.05, 0.1) is 0 Å². The maximum atomic E-state index is 6.07. The third-order valence-corrected chi connectivity index (χ3v) is 3.38. The number of aryl methyl sites for hydroxylation is 1. The van der Waals surface area contributed by atoms with Gasteiger partial charge in [-0.1, -0.05) is 51.1 Å². The molecule has 2 heteroatoms. The quantitative estimate of drug-likeness (QED) is 0.789. The first-order chi connectivity index (χ1) is 10.2. The van der Waals surface area contributed by atoms with Crippen LogP contribution in [0.2, 0.25) is 0 Å². The molecular weight excluding hydrogens is 258 g/mol. The standard InChI is InChI=1S/C19H25NO/c1-4-16-8-7-10-18(12-16)21-19-11-6-5-9-17(19)14-20-13-15(2)3/h5-12,15,20H,4,13-14H2,1-3H3. The molecule has 112 valence electrons. The van der Waals surface area contributed by atoms with Gasteiger partial charge >= 0.3 is 0 Å². The van der Waals surface area contributed by atoms with Crippen molar-refractivity contribution in [2.45, 2.75) is 33.7 Å². The third kappa shape index (κ3) is 4.91. The lowest BCUT2D eigenvalue weighted by Crippen LogP contribution is -2.19. The summed E-state index contributed by atoms with van der Waals surface area (Å²) in [6.45, 7) is 8.43. The molecule has 2 nitrogen and oxygen atoms in total. The molecule has 0 amide bonds. The van der Waals surface area contributed by atoms with Crippen molar-refractivity contribution in [2.24, 2.45) is 5.92 Å². The van der Waals surface area contributed by atoms with Gasteiger partial charge in [0.2, 0.25) is 0 Å². The van der Waals surface area contributed by atoms with Crippen LogP contribution in [-0.4, -0.2) is 6.54 Å². The van der Waals surface area contributed by atoms with Crippen molar-refractivity contribution in [1.82, 2.24) is 5.32 Å². The third-order valence-electron chi connectivity index (χ3n) is 3.38. The Kier molecular flexibility index (Phi) is 5.82. The van der Waals surface area contributed by atoms with Crippen molar-refractivity contribution < 1.29 is 4.74 Å². The van der Waals surface area contributed by atoms with Gasteiger partial charge in [0.15, 0.2) is 0 Å². The van der Waals surface area contributed by atoms with E-state index in [0.717, 1.165) is 31.0 Å². The van der Waals surface area contributed by atoms with E-state index >= 15 is 0 Å². The molecule has 0 aliphatic rings. The number of hydrogen-bond donors (Lipinski definition) is 1. The van der Waals surface area contributed by atoms with Crippen LogP contribution in [0.15, 0.2) is 48.5 Å². The second-order valence-corrected chi connectivity index (χ2v) is 5.74. The molecule has 0 unspecified atom stereocenters. The number of ether oxygens (including phenoxy) is 1. The maximum Gasteiger partial charge on any atom is 0.131 e. The lowest BCUT2D eigenvalue weighted by molar-refractivity contribution is 0.468. The summed E-state index contributed by atoms with van der Waals surface area (Å²) < 4.78 is 6.07. The average Bonchev–Trinajstić information content (AvgIpc) is 2.49. The molecule has 0 spiro atoms. The molecular formula is C19H25NO. The van der Waals surface area contributed by atoms with E-state index in [9.17, 15) is 0 Å². The SMILES string of the molecule is CCc1cccc(Oc2ccccc2CNCC(C)C)c1. The van der Waals surface area contributed by atoms with Crippen molar-refractivity contribution in [3.63, 3.8) is 0 Å². The Hall–Kier alpha value is -1.80. The first-order valence-corrected chi connectivity index (χ1v) is 7.74. The summed E-state index contributed by atoms with van der Waals surface area (Å²) in [5.41, 5.74) is 2.49. The Labute approximate surface area is 128 Å². The van der Waals surface area contributed by atoms with Gasteiger partial charge in [-0.3, -0.25) is 0 Å². The summed E-state index contributed by atoms with van der Waals surface area (Å²) in [6, 6.07) is 16.5. The molecule has 1 N–H and O–H groups in total. The molecule has 2 aromatic rings.